The number of hydrogen-bond donors (Lipinski definition) is 1. The highest BCUT2D eigenvalue weighted by atomic mass is 16.5. The van der Waals surface area contributed by atoms with Crippen LogP contribution in [0.3, 0.4) is 0 Å². The van der Waals surface area contributed by atoms with Gasteiger partial charge in [0.2, 0.25) is 0 Å². The minimum atomic E-state index is 0.166. The Morgan fingerprint density at radius 1 is 0.759 bits per heavy atom. The van der Waals surface area contributed by atoms with Gasteiger partial charge in [0.05, 0.1) is 25.4 Å². The van der Waals surface area contributed by atoms with E-state index in [-0.39, 0.29) is 22.2 Å². The molecule has 0 aromatic carbocycles. The number of likely N-dealkylation sites (tertiary alicyclic amines) is 1. The van der Waals surface area contributed by atoms with Gasteiger partial charge in [-0.15, -0.1) is 0 Å². The number of hydrogen-bond acceptors (Lipinski definition) is 4. The van der Waals surface area contributed by atoms with Crippen LogP contribution in [0.15, 0.2) is 0 Å². The third-order valence-electron chi connectivity index (χ3n) is 8.64. The molecule has 3 aliphatic rings. The smallest absolute Gasteiger partial charge is 0.0577 e. The van der Waals surface area contributed by atoms with Crippen LogP contribution in [0.5, 0.6) is 0 Å². The molecule has 2 atom stereocenters. The minimum absolute atomic E-state index is 0.166. The van der Waals surface area contributed by atoms with Gasteiger partial charge in [0.1, 0.15) is 0 Å². The number of nitrogens with zero attached hydrogens (tertiary/aromatic N) is 1. The molecule has 1 aliphatic carbocycles. The molecule has 2 unspecified atom stereocenters. The highest BCUT2D eigenvalue weighted by Crippen LogP contribution is 2.44. The standard InChI is InChI=1S/C25H48N2O2/c1-22(2)14-18(24(5,6)26-22)16-28-20-10-12-21(13-11-20)29-17-19-15-23(3,4)27(9)25(19,7)8/h18-21,26H,10-17H2,1-9H3. The van der Waals surface area contributed by atoms with Crippen molar-refractivity contribution in [3.63, 3.8) is 0 Å². The van der Waals surface area contributed by atoms with E-state index in [0.29, 0.717) is 24.0 Å². The molecule has 0 aromatic rings. The third-order valence-corrected chi connectivity index (χ3v) is 8.64. The molecule has 2 saturated heterocycles. The molecular formula is C25H48N2O2. The predicted molar refractivity (Wildman–Crippen MR) is 121 cm³/mol. The van der Waals surface area contributed by atoms with Crippen molar-refractivity contribution in [2.75, 3.05) is 20.3 Å². The lowest BCUT2D eigenvalue weighted by atomic mass is 9.87. The van der Waals surface area contributed by atoms with Gasteiger partial charge < -0.3 is 14.8 Å². The van der Waals surface area contributed by atoms with E-state index in [9.17, 15) is 0 Å². The maximum absolute atomic E-state index is 6.44. The molecule has 170 valence electrons. The van der Waals surface area contributed by atoms with Gasteiger partial charge in [-0.25, -0.2) is 0 Å². The lowest BCUT2D eigenvalue weighted by molar-refractivity contribution is -0.0559. The second kappa shape index (κ2) is 8.07. The van der Waals surface area contributed by atoms with Crippen LogP contribution in [0.1, 0.15) is 93.9 Å². The summed E-state index contributed by atoms with van der Waals surface area (Å²) in [6.07, 6.45) is 7.84. The molecule has 3 fully saturated rings. The van der Waals surface area contributed by atoms with Crippen LogP contribution in [0.4, 0.5) is 0 Å². The van der Waals surface area contributed by atoms with E-state index in [1.54, 1.807) is 0 Å². The molecule has 0 spiro atoms. The summed E-state index contributed by atoms with van der Waals surface area (Å²) in [7, 11) is 2.27. The van der Waals surface area contributed by atoms with Crippen LogP contribution in [-0.4, -0.2) is 59.5 Å². The maximum atomic E-state index is 6.44. The quantitative estimate of drug-likeness (QED) is 0.670. The zero-order chi connectivity index (χ0) is 21.7. The van der Waals surface area contributed by atoms with E-state index in [1.165, 1.54) is 12.8 Å². The molecule has 0 aromatic heterocycles. The van der Waals surface area contributed by atoms with Crippen molar-refractivity contribution in [3.05, 3.63) is 0 Å². The molecule has 2 heterocycles. The zero-order valence-corrected chi connectivity index (χ0v) is 20.7. The molecule has 1 N–H and O–H groups in total. The zero-order valence-electron chi connectivity index (χ0n) is 20.7. The van der Waals surface area contributed by atoms with Gasteiger partial charge in [-0.1, -0.05) is 0 Å². The van der Waals surface area contributed by atoms with Crippen LogP contribution in [-0.2, 0) is 9.47 Å². The van der Waals surface area contributed by atoms with E-state index in [2.05, 4.69) is 72.7 Å². The van der Waals surface area contributed by atoms with Crippen molar-refractivity contribution < 1.29 is 9.47 Å². The summed E-state index contributed by atoms with van der Waals surface area (Å²) in [5.41, 5.74) is 0.860. The van der Waals surface area contributed by atoms with Crippen molar-refractivity contribution >= 4 is 0 Å². The van der Waals surface area contributed by atoms with Crippen molar-refractivity contribution in [1.29, 1.82) is 0 Å². The first kappa shape index (κ1) is 23.5. The minimum Gasteiger partial charge on any atom is -0.378 e. The highest BCUT2D eigenvalue weighted by Gasteiger charge is 2.49. The first-order valence-electron chi connectivity index (χ1n) is 12.0. The Morgan fingerprint density at radius 2 is 1.24 bits per heavy atom. The van der Waals surface area contributed by atoms with Gasteiger partial charge in [0.15, 0.2) is 0 Å². The molecule has 4 heteroatoms. The summed E-state index contributed by atoms with van der Waals surface area (Å²) in [5.74, 6) is 1.20. The van der Waals surface area contributed by atoms with E-state index in [1.807, 2.05) is 0 Å². The van der Waals surface area contributed by atoms with Gasteiger partial charge >= 0.3 is 0 Å². The molecule has 0 radical (unpaired) electrons. The highest BCUT2D eigenvalue weighted by molar-refractivity contribution is 5.04. The van der Waals surface area contributed by atoms with Gasteiger partial charge in [-0.2, -0.15) is 0 Å². The fourth-order valence-electron chi connectivity index (χ4n) is 6.34. The van der Waals surface area contributed by atoms with Gasteiger partial charge in [-0.05, 0) is 101 Å². The monoisotopic (exact) mass is 408 g/mol. The second-order valence-electron chi connectivity index (χ2n) is 12.6. The van der Waals surface area contributed by atoms with Crippen molar-refractivity contribution in [1.82, 2.24) is 10.2 Å². The first-order chi connectivity index (χ1) is 13.2. The molecule has 0 bridgehead atoms. The number of nitrogens with one attached hydrogen (secondary N) is 1. The first-order valence-corrected chi connectivity index (χ1v) is 12.0. The normalized spacial score (nSPS) is 38.4. The summed E-state index contributed by atoms with van der Waals surface area (Å²) in [6, 6.07) is 0. The van der Waals surface area contributed by atoms with E-state index >= 15 is 0 Å². The van der Waals surface area contributed by atoms with Crippen LogP contribution < -0.4 is 5.32 Å². The van der Waals surface area contributed by atoms with Crippen molar-refractivity contribution in [3.8, 4) is 0 Å². The summed E-state index contributed by atoms with van der Waals surface area (Å²) >= 11 is 0. The van der Waals surface area contributed by atoms with Crippen molar-refractivity contribution in [2.45, 2.75) is 128 Å². The summed E-state index contributed by atoms with van der Waals surface area (Å²) < 4.78 is 12.8. The molecule has 29 heavy (non-hydrogen) atoms. The Kier molecular flexibility index (Phi) is 6.54. The lowest BCUT2D eigenvalue weighted by Gasteiger charge is -2.39. The fraction of sp³-hybridized carbons (Fsp3) is 1.00. The SMILES string of the molecule is CN1C(C)(C)CC(COC2CCC(OCC3CC(C)(C)NC3(C)C)CC2)C1(C)C. The predicted octanol–water partition coefficient (Wildman–Crippen LogP) is 5.01. The molecule has 4 nitrogen and oxygen atoms in total. The molecule has 0 amide bonds. The Bertz CT molecular complexity index is 561. The average molecular weight is 409 g/mol. The molecule has 1 saturated carbocycles. The Labute approximate surface area is 180 Å². The van der Waals surface area contributed by atoms with Crippen LogP contribution in [0, 0.1) is 11.8 Å². The van der Waals surface area contributed by atoms with Crippen LogP contribution >= 0.6 is 0 Å². The Hall–Kier alpha value is -0.160. The molecule has 3 rings (SSSR count). The third kappa shape index (κ3) is 5.19. The maximum Gasteiger partial charge on any atom is 0.0577 e. The second-order valence-corrected chi connectivity index (χ2v) is 12.6. The molecular weight excluding hydrogens is 360 g/mol. The number of rotatable bonds is 6. The summed E-state index contributed by atoms with van der Waals surface area (Å²) in [6.45, 7) is 20.5. The Morgan fingerprint density at radius 3 is 1.62 bits per heavy atom. The lowest BCUT2D eigenvalue weighted by Crippen LogP contribution is -2.47. The molecule has 2 aliphatic heterocycles. The summed E-state index contributed by atoms with van der Waals surface area (Å²) in [4.78, 5) is 2.54. The largest absolute Gasteiger partial charge is 0.378 e. The van der Waals surface area contributed by atoms with Crippen LogP contribution in [0.25, 0.3) is 0 Å². The number of ether oxygens (including phenoxy) is 2. The summed E-state index contributed by atoms with van der Waals surface area (Å²) in [5, 5.41) is 3.77. The van der Waals surface area contributed by atoms with Crippen molar-refractivity contribution in [2.24, 2.45) is 11.8 Å². The van der Waals surface area contributed by atoms with Gasteiger partial charge in [-0.3, -0.25) is 4.90 Å². The topological polar surface area (TPSA) is 33.7 Å². The average Bonchev–Trinajstić information content (AvgIpc) is 2.91. The van der Waals surface area contributed by atoms with Gasteiger partial charge in [0, 0.05) is 34.0 Å². The van der Waals surface area contributed by atoms with Crippen LogP contribution in [0.2, 0.25) is 0 Å². The fourth-order valence-corrected chi connectivity index (χ4v) is 6.34. The van der Waals surface area contributed by atoms with Gasteiger partial charge in [0.25, 0.3) is 0 Å². The van der Waals surface area contributed by atoms with E-state index in [0.717, 1.165) is 38.9 Å². The van der Waals surface area contributed by atoms with E-state index < -0.39 is 0 Å². The Balaban J connectivity index is 1.39. The van der Waals surface area contributed by atoms with E-state index in [4.69, 9.17) is 9.47 Å².